The average Bonchev–Trinajstić information content (AvgIpc) is 3.01. The van der Waals surface area contributed by atoms with Crippen LogP contribution in [-0.4, -0.2) is 33.9 Å². The molecule has 0 bridgehead atoms. The van der Waals surface area contributed by atoms with Crippen molar-refractivity contribution < 1.29 is 9.18 Å². The standard InChI is InChI=1S/C18H20FN3O2/c1-11-15(18(24)21-12(2)20-11)9-17(23)22-8-7-13(10-22)14-5-3-4-6-16(14)19/h3-6,13H,7-10H2,1-2H3,(H,20,21,24)/t13-/m1/s1. The molecule has 0 saturated carbocycles. The fourth-order valence-electron chi connectivity index (χ4n) is 3.27. The molecule has 2 heterocycles. The van der Waals surface area contributed by atoms with E-state index in [2.05, 4.69) is 9.97 Å². The van der Waals surface area contributed by atoms with Crippen molar-refractivity contribution in [2.24, 2.45) is 0 Å². The van der Waals surface area contributed by atoms with Crippen molar-refractivity contribution in [2.45, 2.75) is 32.6 Å². The summed E-state index contributed by atoms with van der Waals surface area (Å²) in [5.41, 5.74) is 1.37. The van der Waals surface area contributed by atoms with Crippen molar-refractivity contribution in [2.75, 3.05) is 13.1 Å². The Labute approximate surface area is 139 Å². The third kappa shape index (κ3) is 3.22. The van der Waals surface area contributed by atoms with Crippen molar-refractivity contribution in [3.05, 3.63) is 63.1 Å². The summed E-state index contributed by atoms with van der Waals surface area (Å²) in [5, 5.41) is 0. The number of nitrogens with zero attached hydrogens (tertiary/aromatic N) is 2. The van der Waals surface area contributed by atoms with E-state index in [0.29, 0.717) is 35.7 Å². The molecule has 5 nitrogen and oxygen atoms in total. The van der Waals surface area contributed by atoms with E-state index >= 15 is 0 Å². The van der Waals surface area contributed by atoms with E-state index in [1.165, 1.54) is 6.07 Å². The predicted octanol–water partition coefficient (Wildman–Crippen LogP) is 2.08. The second-order valence-corrected chi connectivity index (χ2v) is 6.24. The van der Waals surface area contributed by atoms with E-state index in [4.69, 9.17) is 0 Å². The summed E-state index contributed by atoms with van der Waals surface area (Å²) in [6.07, 6.45) is 0.757. The van der Waals surface area contributed by atoms with Crippen LogP contribution in [0.1, 0.15) is 35.0 Å². The number of aromatic amines is 1. The Morgan fingerprint density at radius 3 is 2.83 bits per heavy atom. The van der Waals surface area contributed by atoms with Crippen molar-refractivity contribution in [3.63, 3.8) is 0 Å². The number of hydrogen-bond donors (Lipinski definition) is 1. The summed E-state index contributed by atoms with van der Waals surface area (Å²) in [7, 11) is 0. The maximum atomic E-state index is 13.9. The van der Waals surface area contributed by atoms with Gasteiger partial charge in [0.25, 0.3) is 5.56 Å². The van der Waals surface area contributed by atoms with E-state index in [-0.39, 0.29) is 29.6 Å². The number of H-pyrrole nitrogens is 1. The highest BCUT2D eigenvalue weighted by Crippen LogP contribution is 2.29. The van der Waals surface area contributed by atoms with E-state index in [1.54, 1.807) is 30.9 Å². The smallest absolute Gasteiger partial charge is 0.254 e. The molecule has 6 heteroatoms. The third-order valence-corrected chi connectivity index (χ3v) is 4.55. The van der Waals surface area contributed by atoms with E-state index in [9.17, 15) is 14.0 Å². The Morgan fingerprint density at radius 1 is 1.38 bits per heavy atom. The van der Waals surface area contributed by atoms with E-state index in [1.807, 2.05) is 6.07 Å². The van der Waals surface area contributed by atoms with Crippen LogP contribution >= 0.6 is 0 Å². The monoisotopic (exact) mass is 329 g/mol. The molecule has 126 valence electrons. The predicted molar refractivity (Wildman–Crippen MR) is 88.4 cm³/mol. The first-order valence-electron chi connectivity index (χ1n) is 8.04. The Morgan fingerprint density at radius 2 is 2.12 bits per heavy atom. The van der Waals surface area contributed by atoms with E-state index < -0.39 is 0 Å². The highest BCUT2D eigenvalue weighted by molar-refractivity contribution is 5.79. The molecular formula is C18H20FN3O2. The normalized spacial score (nSPS) is 17.3. The molecule has 0 radical (unpaired) electrons. The first-order valence-corrected chi connectivity index (χ1v) is 8.04. The number of nitrogens with one attached hydrogen (secondary N) is 1. The number of hydrogen-bond acceptors (Lipinski definition) is 3. The molecule has 1 atom stereocenters. The van der Waals surface area contributed by atoms with Gasteiger partial charge in [-0.15, -0.1) is 0 Å². The van der Waals surface area contributed by atoms with Crippen LogP contribution in [0.3, 0.4) is 0 Å². The summed E-state index contributed by atoms with van der Waals surface area (Å²) in [5.74, 6) is 0.195. The second-order valence-electron chi connectivity index (χ2n) is 6.24. The Balaban J connectivity index is 1.72. The van der Waals surface area contributed by atoms with Gasteiger partial charge in [-0.05, 0) is 31.9 Å². The summed E-state index contributed by atoms with van der Waals surface area (Å²) >= 11 is 0. The van der Waals surface area contributed by atoms with Gasteiger partial charge in [-0.2, -0.15) is 0 Å². The largest absolute Gasteiger partial charge is 0.342 e. The quantitative estimate of drug-likeness (QED) is 0.937. The molecule has 1 aromatic heterocycles. The lowest BCUT2D eigenvalue weighted by Gasteiger charge is -2.17. The maximum absolute atomic E-state index is 13.9. The first kappa shape index (κ1) is 16.4. The van der Waals surface area contributed by atoms with Crippen molar-refractivity contribution in [1.29, 1.82) is 0 Å². The second kappa shape index (κ2) is 6.55. The summed E-state index contributed by atoms with van der Waals surface area (Å²) in [6, 6.07) is 6.69. The third-order valence-electron chi connectivity index (χ3n) is 4.55. The maximum Gasteiger partial charge on any atom is 0.254 e. The average molecular weight is 329 g/mol. The van der Waals surface area contributed by atoms with Gasteiger partial charge in [-0.1, -0.05) is 18.2 Å². The number of aryl methyl sites for hydroxylation is 2. The number of halogens is 1. The van der Waals surface area contributed by atoms with Gasteiger partial charge < -0.3 is 9.88 Å². The molecule has 1 N–H and O–H groups in total. The van der Waals surface area contributed by atoms with Crippen molar-refractivity contribution in [3.8, 4) is 0 Å². The van der Waals surface area contributed by atoms with Gasteiger partial charge in [0.2, 0.25) is 5.91 Å². The molecule has 1 aromatic carbocycles. The number of aromatic nitrogens is 2. The molecule has 24 heavy (non-hydrogen) atoms. The Kier molecular flexibility index (Phi) is 4.46. The van der Waals surface area contributed by atoms with Gasteiger partial charge in [0.1, 0.15) is 11.6 Å². The Hall–Kier alpha value is -2.50. The number of rotatable bonds is 3. The van der Waals surface area contributed by atoms with Gasteiger partial charge in [-0.3, -0.25) is 9.59 Å². The highest BCUT2D eigenvalue weighted by Gasteiger charge is 2.29. The minimum absolute atomic E-state index is 0.00525. The zero-order valence-corrected chi connectivity index (χ0v) is 13.8. The topological polar surface area (TPSA) is 66.1 Å². The van der Waals surface area contributed by atoms with Gasteiger partial charge in [0, 0.05) is 30.3 Å². The van der Waals surface area contributed by atoms with Gasteiger partial charge in [0.05, 0.1) is 6.42 Å². The van der Waals surface area contributed by atoms with Crippen LogP contribution in [0.2, 0.25) is 0 Å². The fraction of sp³-hybridized carbons (Fsp3) is 0.389. The Bertz CT molecular complexity index is 831. The van der Waals surface area contributed by atoms with Crippen molar-refractivity contribution >= 4 is 5.91 Å². The summed E-state index contributed by atoms with van der Waals surface area (Å²) in [6.45, 7) is 4.50. The molecule has 2 aromatic rings. The van der Waals surface area contributed by atoms with Crippen molar-refractivity contribution in [1.82, 2.24) is 14.9 Å². The van der Waals surface area contributed by atoms with Gasteiger partial charge in [0.15, 0.2) is 0 Å². The molecule has 1 saturated heterocycles. The number of benzene rings is 1. The molecule has 1 fully saturated rings. The molecule has 0 spiro atoms. The zero-order valence-electron chi connectivity index (χ0n) is 13.8. The van der Waals surface area contributed by atoms with Crippen LogP contribution < -0.4 is 5.56 Å². The van der Waals surface area contributed by atoms with Crippen LogP contribution in [0.4, 0.5) is 4.39 Å². The van der Waals surface area contributed by atoms with Crippen LogP contribution in [0, 0.1) is 19.7 Å². The number of likely N-dealkylation sites (tertiary alicyclic amines) is 1. The van der Waals surface area contributed by atoms with Crippen LogP contribution in [-0.2, 0) is 11.2 Å². The van der Waals surface area contributed by atoms with Gasteiger partial charge in [-0.25, -0.2) is 9.37 Å². The molecule has 0 unspecified atom stereocenters. The summed E-state index contributed by atoms with van der Waals surface area (Å²) in [4.78, 5) is 33.1. The molecule has 1 aliphatic heterocycles. The lowest BCUT2D eigenvalue weighted by atomic mass is 9.98. The molecule has 1 amide bonds. The fourth-order valence-corrected chi connectivity index (χ4v) is 3.27. The lowest BCUT2D eigenvalue weighted by molar-refractivity contribution is -0.129. The van der Waals surface area contributed by atoms with Crippen LogP contribution in [0.5, 0.6) is 0 Å². The lowest BCUT2D eigenvalue weighted by Crippen LogP contribution is -2.32. The number of carbonyl (C=O) groups excluding carboxylic acids is 1. The minimum Gasteiger partial charge on any atom is -0.342 e. The summed E-state index contributed by atoms with van der Waals surface area (Å²) < 4.78 is 13.9. The SMILES string of the molecule is Cc1nc(C)c(CC(=O)N2CC[C@@H](c3ccccc3F)C2)c(=O)[nH]1. The van der Waals surface area contributed by atoms with Crippen LogP contribution in [0.25, 0.3) is 0 Å². The van der Waals surface area contributed by atoms with E-state index in [0.717, 1.165) is 6.42 Å². The zero-order chi connectivity index (χ0) is 17.3. The minimum atomic E-state index is -0.266. The van der Waals surface area contributed by atoms with Crippen LogP contribution in [0.15, 0.2) is 29.1 Å². The molecule has 1 aliphatic rings. The molecule has 0 aliphatic carbocycles. The highest BCUT2D eigenvalue weighted by atomic mass is 19.1. The first-order chi connectivity index (χ1) is 11.5. The molecule has 3 rings (SSSR count). The molecular weight excluding hydrogens is 309 g/mol. The van der Waals surface area contributed by atoms with Gasteiger partial charge >= 0.3 is 0 Å². The number of carbonyl (C=O) groups is 1. The number of amides is 1.